The Morgan fingerprint density at radius 1 is 1.21 bits per heavy atom. The molecule has 4 heteroatoms. The van der Waals surface area contributed by atoms with Crippen molar-refractivity contribution in [3.05, 3.63) is 53.6 Å². The highest BCUT2D eigenvalue weighted by molar-refractivity contribution is 5.59. The van der Waals surface area contributed by atoms with Gasteiger partial charge in [-0.05, 0) is 38.5 Å². The lowest BCUT2D eigenvalue weighted by molar-refractivity contribution is 0.582. The molecule has 1 atom stereocenters. The van der Waals surface area contributed by atoms with Gasteiger partial charge < -0.3 is 4.98 Å². The average molecular weight is 252 g/mol. The number of rotatable bonds is 2. The average Bonchev–Trinajstić information content (AvgIpc) is 2.97. The van der Waals surface area contributed by atoms with Crippen LogP contribution in [0.1, 0.15) is 25.2 Å². The van der Waals surface area contributed by atoms with Crippen molar-refractivity contribution in [2.75, 3.05) is 0 Å². The van der Waals surface area contributed by atoms with Crippen LogP contribution in [0, 0.1) is 6.92 Å². The van der Waals surface area contributed by atoms with Gasteiger partial charge >= 0.3 is 0 Å². The van der Waals surface area contributed by atoms with Gasteiger partial charge in [0.2, 0.25) is 0 Å². The highest BCUT2D eigenvalue weighted by atomic mass is 15.2. The molecule has 2 heterocycles. The summed E-state index contributed by atoms with van der Waals surface area (Å²) in [5.41, 5.74) is 3.84. The van der Waals surface area contributed by atoms with Crippen LogP contribution in [0.4, 0.5) is 0 Å². The minimum Gasteiger partial charge on any atom is -0.340 e. The van der Waals surface area contributed by atoms with E-state index in [0.29, 0.717) is 0 Å². The molecule has 0 bridgehead atoms. The summed E-state index contributed by atoms with van der Waals surface area (Å²) < 4.78 is 0. The van der Waals surface area contributed by atoms with Gasteiger partial charge in [0.25, 0.3) is 0 Å². The van der Waals surface area contributed by atoms with Crippen LogP contribution in [0.3, 0.4) is 0 Å². The molecule has 0 saturated carbocycles. The summed E-state index contributed by atoms with van der Waals surface area (Å²) in [5.74, 6) is 0.824. The van der Waals surface area contributed by atoms with Gasteiger partial charge in [0.15, 0.2) is 5.54 Å². The van der Waals surface area contributed by atoms with Crippen LogP contribution in [0.15, 0.2) is 52.5 Å². The van der Waals surface area contributed by atoms with Crippen molar-refractivity contribution in [1.82, 2.24) is 9.97 Å². The van der Waals surface area contributed by atoms with Gasteiger partial charge in [-0.2, -0.15) is 10.2 Å². The van der Waals surface area contributed by atoms with E-state index in [4.69, 9.17) is 0 Å². The monoisotopic (exact) mass is 252 g/mol. The molecule has 3 rings (SSSR count). The first-order chi connectivity index (χ1) is 9.07. The summed E-state index contributed by atoms with van der Waals surface area (Å²) in [6, 6.07) is 8.34. The Hall–Kier alpha value is -2.23. The Labute approximate surface area is 112 Å². The maximum atomic E-state index is 4.46. The maximum absolute atomic E-state index is 4.46. The van der Waals surface area contributed by atoms with E-state index in [1.54, 1.807) is 0 Å². The molecule has 0 aliphatic carbocycles. The van der Waals surface area contributed by atoms with E-state index >= 15 is 0 Å². The number of aromatic amines is 1. The van der Waals surface area contributed by atoms with Crippen LogP contribution in [0.5, 0.6) is 0 Å². The molecular weight excluding hydrogens is 236 g/mol. The van der Waals surface area contributed by atoms with Crippen molar-refractivity contribution < 1.29 is 0 Å². The zero-order chi connectivity index (χ0) is 13.5. The second kappa shape index (κ2) is 4.16. The summed E-state index contributed by atoms with van der Waals surface area (Å²) in [6.45, 7) is 6.03. The van der Waals surface area contributed by atoms with Crippen molar-refractivity contribution >= 4 is 0 Å². The van der Waals surface area contributed by atoms with Crippen molar-refractivity contribution in [2.45, 2.75) is 26.3 Å². The minimum absolute atomic E-state index is 0.466. The van der Waals surface area contributed by atoms with E-state index in [9.17, 15) is 0 Å². The summed E-state index contributed by atoms with van der Waals surface area (Å²) in [4.78, 5) is 7.81. The number of azo groups is 1. The second-order valence-corrected chi connectivity index (χ2v) is 5.15. The van der Waals surface area contributed by atoms with Crippen molar-refractivity contribution in [1.29, 1.82) is 0 Å². The smallest absolute Gasteiger partial charge is 0.156 e. The van der Waals surface area contributed by atoms with E-state index in [1.807, 2.05) is 32.2 Å². The van der Waals surface area contributed by atoms with Gasteiger partial charge in [-0.25, -0.2) is 4.98 Å². The molecule has 4 nitrogen and oxygen atoms in total. The SMILES string of the molecule is CC1=CC(C)(c2ncc(-c3cccc(C)c3)[nH]2)N=N1. The van der Waals surface area contributed by atoms with Gasteiger partial charge in [-0.3, -0.25) is 0 Å². The van der Waals surface area contributed by atoms with E-state index < -0.39 is 5.54 Å². The third-order valence-electron chi connectivity index (χ3n) is 3.29. The Balaban J connectivity index is 1.99. The first kappa shape index (κ1) is 11.8. The number of hydrogen-bond acceptors (Lipinski definition) is 3. The molecule has 0 radical (unpaired) electrons. The van der Waals surface area contributed by atoms with Crippen molar-refractivity contribution in [2.24, 2.45) is 10.2 Å². The Bertz CT molecular complexity index is 681. The first-order valence-electron chi connectivity index (χ1n) is 6.32. The summed E-state index contributed by atoms with van der Waals surface area (Å²) >= 11 is 0. The van der Waals surface area contributed by atoms with E-state index in [1.165, 1.54) is 5.56 Å². The molecule has 0 fully saturated rings. The van der Waals surface area contributed by atoms with Crippen LogP contribution in [0.25, 0.3) is 11.3 Å². The lowest BCUT2D eigenvalue weighted by Crippen LogP contribution is -2.15. The van der Waals surface area contributed by atoms with Crippen molar-refractivity contribution in [3.63, 3.8) is 0 Å². The lowest BCUT2D eigenvalue weighted by atomic mass is 10.0. The highest BCUT2D eigenvalue weighted by Gasteiger charge is 2.30. The third-order valence-corrected chi connectivity index (χ3v) is 3.29. The number of nitrogens with one attached hydrogen (secondary N) is 1. The van der Waals surface area contributed by atoms with Crippen LogP contribution < -0.4 is 0 Å². The summed E-state index contributed by atoms with van der Waals surface area (Å²) in [6.07, 6.45) is 3.87. The molecule has 1 N–H and O–H groups in total. The molecule has 1 aromatic heterocycles. The number of imidazole rings is 1. The molecular formula is C15H16N4. The zero-order valence-corrected chi connectivity index (χ0v) is 11.3. The minimum atomic E-state index is -0.466. The van der Waals surface area contributed by atoms with Crippen LogP contribution in [-0.2, 0) is 5.54 Å². The predicted octanol–water partition coefficient (Wildman–Crippen LogP) is 3.97. The van der Waals surface area contributed by atoms with Crippen LogP contribution >= 0.6 is 0 Å². The molecule has 1 aromatic carbocycles. The number of aryl methyl sites for hydroxylation is 1. The standard InChI is InChI=1S/C15H16N4/c1-10-5-4-6-12(7-10)13-9-16-14(17-13)15(3)8-11(2)18-19-15/h4-9H,1-3H3,(H,16,17). The normalized spacial score (nSPS) is 21.7. The Kier molecular flexibility index (Phi) is 2.59. The number of allylic oxidation sites excluding steroid dienone is 1. The van der Waals surface area contributed by atoms with Gasteiger partial charge in [0.05, 0.1) is 17.6 Å². The molecule has 0 amide bonds. The fraction of sp³-hybridized carbons (Fsp3) is 0.267. The molecule has 1 unspecified atom stereocenters. The summed E-state index contributed by atoms with van der Waals surface area (Å²) in [7, 11) is 0. The van der Waals surface area contributed by atoms with Gasteiger partial charge in [-0.1, -0.05) is 23.8 Å². The molecule has 96 valence electrons. The lowest BCUT2D eigenvalue weighted by Gasteiger charge is -2.12. The Morgan fingerprint density at radius 3 is 2.74 bits per heavy atom. The largest absolute Gasteiger partial charge is 0.340 e. The van der Waals surface area contributed by atoms with Crippen LogP contribution in [-0.4, -0.2) is 9.97 Å². The topological polar surface area (TPSA) is 53.4 Å². The number of nitrogens with zero attached hydrogens (tertiary/aromatic N) is 3. The van der Waals surface area contributed by atoms with Gasteiger partial charge in [0.1, 0.15) is 5.82 Å². The van der Waals surface area contributed by atoms with E-state index in [0.717, 1.165) is 22.8 Å². The maximum Gasteiger partial charge on any atom is 0.156 e. The Morgan fingerprint density at radius 2 is 2.05 bits per heavy atom. The molecule has 1 aliphatic heterocycles. The predicted molar refractivity (Wildman–Crippen MR) is 74.7 cm³/mol. The molecule has 19 heavy (non-hydrogen) atoms. The van der Waals surface area contributed by atoms with Crippen LogP contribution in [0.2, 0.25) is 0 Å². The highest BCUT2D eigenvalue weighted by Crippen LogP contribution is 2.33. The first-order valence-corrected chi connectivity index (χ1v) is 6.32. The molecule has 2 aromatic rings. The van der Waals surface area contributed by atoms with Gasteiger partial charge in [0, 0.05) is 0 Å². The molecule has 0 saturated heterocycles. The zero-order valence-electron chi connectivity index (χ0n) is 11.3. The van der Waals surface area contributed by atoms with Crippen molar-refractivity contribution in [3.8, 4) is 11.3 Å². The molecule has 1 aliphatic rings. The fourth-order valence-electron chi connectivity index (χ4n) is 2.30. The summed E-state index contributed by atoms with van der Waals surface area (Å²) in [5, 5.41) is 8.37. The van der Waals surface area contributed by atoms with E-state index in [2.05, 4.69) is 45.3 Å². The quantitative estimate of drug-likeness (QED) is 0.863. The number of aromatic nitrogens is 2. The van der Waals surface area contributed by atoms with Gasteiger partial charge in [-0.15, -0.1) is 0 Å². The number of benzene rings is 1. The number of H-pyrrole nitrogens is 1. The third kappa shape index (κ3) is 2.10. The number of hydrogen-bond donors (Lipinski definition) is 1. The van der Waals surface area contributed by atoms with E-state index in [-0.39, 0.29) is 0 Å². The fourth-order valence-corrected chi connectivity index (χ4v) is 2.30. The molecule has 0 spiro atoms. The second-order valence-electron chi connectivity index (χ2n) is 5.15.